The Hall–Kier alpha value is -0.570. The van der Waals surface area contributed by atoms with Gasteiger partial charge in [0.1, 0.15) is 0 Å². The molecule has 0 rings (SSSR count). The number of ether oxygens (including phenoxy) is 1. The monoisotopic (exact) mass is 174 g/mol. The molecule has 2 unspecified atom stereocenters. The van der Waals surface area contributed by atoms with Gasteiger partial charge in [-0.2, -0.15) is 0 Å². The zero-order chi connectivity index (χ0) is 9.56. The van der Waals surface area contributed by atoms with Crippen molar-refractivity contribution in [3.05, 3.63) is 0 Å². The van der Waals surface area contributed by atoms with Gasteiger partial charge in [0.05, 0.1) is 6.61 Å². The van der Waals surface area contributed by atoms with Crippen LogP contribution in [0.15, 0.2) is 0 Å². The van der Waals surface area contributed by atoms with E-state index >= 15 is 0 Å². The summed E-state index contributed by atoms with van der Waals surface area (Å²) in [6.07, 6.45) is 0.863. The molecule has 0 aliphatic carbocycles. The van der Waals surface area contributed by atoms with Gasteiger partial charge >= 0.3 is 5.97 Å². The molecular weight excluding hydrogens is 156 g/mol. The van der Waals surface area contributed by atoms with E-state index in [1.165, 1.54) is 0 Å². The van der Waals surface area contributed by atoms with Crippen LogP contribution in [-0.2, 0) is 9.53 Å². The summed E-state index contributed by atoms with van der Waals surface area (Å²) in [5.74, 6) is -0.507. The van der Waals surface area contributed by atoms with Crippen molar-refractivity contribution in [1.82, 2.24) is 0 Å². The minimum absolute atomic E-state index is 0.00551. The normalized spacial score (nSPS) is 15.3. The Labute approximate surface area is 73.7 Å². The molecule has 3 heteroatoms. The minimum atomic E-state index is -0.954. The van der Waals surface area contributed by atoms with E-state index in [2.05, 4.69) is 4.74 Å². The first kappa shape index (κ1) is 11.4. The SMILES string of the molecule is CCCC(C)C(O)C(=O)OCC. The average Bonchev–Trinajstić information content (AvgIpc) is 2.04. The lowest BCUT2D eigenvalue weighted by Gasteiger charge is -2.15. The predicted octanol–water partition coefficient (Wildman–Crippen LogP) is 1.35. The van der Waals surface area contributed by atoms with Crippen molar-refractivity contribution >= 4 is 5.97 Å². The fourth-order valence-corrected chi connectivity index (χ4v) is 1.07. The molecule has 0 saturated carbocycles. The van der Waals surface area contributed by atoms with E-state index in [0.29, 0.717) is 6.61 Å². The largest absolute Gasteiger partial charge is 0.464 e. The Morgan fingerprint density at radius 3 is 2.50 bits per heavy atom. The fraction of sp³-hybridized carbons (Fsp3) is 0.889. The number of aliphatic hydroxyl groups is 1. The summed E-state index contributed by atoms with van der Waals surface area (Å²) in [5, 5.41) is 9.37. The van der Waals surface area contributed by atoms with Gasteiger partial charge < -0.3 is 9.84 Å². The number of esters is 1. The van der Waals surface area contributed by atoms with Crippen molar-refractivity contribution in [1.29, 1.82) is 0 Å². The zero-order valence-electron chi connectivity index (χ0n) is 8.04. The summed E-state index contributed by atoms with van der Waals surface area (Å²) in [5.41, 5.74) is 0. The lowest BCUT2D eigenvalue weighted by atomic mass is 10.00. The third-order valence-corrected chi connectivity index (χ3v) is 1.81. The van der Waals surface area contributed by atoms with Gasteiger partial charge in [-0.3, -0.25) is 0 Å². The van der Waals surface area contributed by atoms with E-state index in [1.807, 2.05) is 13.8 Å². The van der Waals surface area contributed by atoms with Crippen molar-refractivity contribution in [2.45, 2.75) is 39.7 Å². The highest BCUT2D eigenvalue weighted by molar-refractivity contribution is 5.74. The Bertz CT molecular complexity index is 134. The van der Waals surface area contributed by atoms with Gasteiger partial charge in [0, 0.05) is 0 Å². The third-order valence-electron chi connectivity index (χ3n) is 1.81. The second-order valence-corrected chi connectivity index (χ2v) is 2.96. The summed E-state index contributed by atoms with van der Waals surface area (Å²) in [4.78, 5) is 11.0. The van der Waals surface area contributed by atoms with Gasteiger partial charge in [-0.15, -0.1) is 0 Å². The van der Waals surface area contributed by atoms with E-state index in [-0.39, 0.29) is 5.92 Å². The van der Waals surface area contributed by atoms with Crippen LogP contribution >= 0.6 is 0 Å². The van der Waals surface area contributed by atoms with Gasteiger partial charge in [0.15, 0.2) is 6.10 Å². The first-order valence-electron chi connectivity index (χ1n) is 4.48. The quantitative estimate of drug-likeness (QED) is 0.640. The van der Waals surface area contributed by atoms with E-state index in [1.54, 1.807) is 6.92 Å². The highest BCUT2D eigenvalue weighted by Crippen LogP contribution is 2.11. The van der Waals surface area contributed by atoms with E-state index in [4.69, 9.17) is 0 Å². The second kappa shape index (κ2) is 6.00. The van der Waals surface area contributed by atoms with Crippen LogP contribution in [0.4, 0.5) is 0 Å². The van der Waals surface area contributed by atoms with Crippen LogP contribution < -0.4 is 0 Å². The number of hydrogen-bond acceptors (Lipinski definition) is 3. The molecule has 0 aliphatic rings. The summed E-state index contributed by atoms with van der Waals surface area (Å²) in [6, 6.07) is 0. The Morgan fingerprint density at radius 2 is 2.08 bits per heavy atom. The summed E-state index contributed by atoms with van der Waals surface area (Å²) >= 11 is 0. The molecule has 12 heavy (non-hydrogen) atoms. The summed E-state index contributed by atoms with van der Waals surface area (Å²) in [7, 11) is 0. The molecule has 0 saturated heterocycles. The first-order chi connectivity index (χ1) is 5.63. The first-order valence-corrected chi connectivity index (χ1v) is 4.48. The topological polar surface area (TPSA) is 46.5 Å². The maximum atomic E-state index is 11.0. The molecule has 0 heterocycles. The van der Waals surface area contributed by atoms with Crippen molar-refractivity contribution < 1.29 is 14.6 Å². The third kappa shape index (κ3) is 3.72. The van der Waals surface area contributed by atoms with Crippen molar-refractivity contribution in [3.63, 3.8) is 0 Å². The molecule has 0 aromatic heterocycles. The lowest BCUT2D eigenvalue weighted by molar-refractivity contribution is -0.155. The maximum absolute atomic E-state index is 11.0. The Morgan fingerprint density at radius 1 is 1.50 bits per heavy atom. The van der Waals surface area contributed by atoms with Crippen LogP contribution in [0.2, 0.25) is 0 Å². The molecule has 0 bridgehead atoms. The van der Waals surface area contributed by atoms with Gasteiger partial charge in [0.25, 0.3) is 0 Å². The molecule has 1 N–H and O–H groups in total. The fourth-order valence-electron chi connectivity index (χ4n) is 1.07. The molecule has 0 radical (unpaired) electrons. The molecule has 0 aliphatic heterocycles. The Kier molecular flexibility index (Phi) is 5.72. The zero-order valence-corrected chi connectivity index (χ0v) is 8.04. The van der Waals surface area contributed by atoms with Crippen LogP contribution in [-0.4, -0.2) is 23.8 Å². The number of carbonyl (C=O) groups is 1. The van der Waals surface area contributed by atoms with Gasteiger partial charge in [-0.1, -0.05) is 20.3 Å². The van der Waals surface area contributed by atoms with Crippen LogP contribution in [0.25, 0.3) is 0 Å². The van der Waals surface area contributed by atoms with Crippen LogP contribution in [0.5, 0.6) is 0 Å². The Balaban J connectivity index is 3.82. The second-order valence-electron chi connectivity index (χ2n) is 2.96. The minimum Gasteiger partial charge on any atom is -0.464 e. The molecule has 72 valence electrons. The highest BCUT2D eigenvalue weighted by Gasteiger charge is 2.22. The number of aliphatic hydroxyl groups excluding tert-OH is 1. The number of rotatable bonds is 5. The van der Waals surface area contributed by atoms with Gasteiger partial charge in [-0.05, 0) is 19.3 Å². The molecule has 3 nitrogen and oxygen atoms in total. The van der Waals surface area contributed by atoms with Crippen molar-refractivity contribution in [3.8, 4) is 0 Å². The standard InChI is InChI=1S/C9H18O3/c1-4-6-7(3)8(10)9(11)12-5-2/h7-8,10H,4-6H2,1-3H3. The number of hydrogen-bond donors (Lipinski definition) is 1. The molecular formula is C9H18O3. The van der Waals surface area contributed by atoms with Gasteiger partial charge in [0.2, 0.25) is 0 Å². The molecule has 2 atom stereocenters. The molecule has 0 amide bonds. The number of carbonyl (C=O) groups excluding carboxylic acids is 1. The van der Waals surface area contributed by atoms with Crippen molar-refractivity contribution in [2.75, 3.05) is 6.61 Å². The van der Waals surface area contributed by atoms with Crippen molar-refractivity contribution in [2.24, 2.45) is 5.92 Å². The van der Waals surface area contributed by atoms with Crippen LogP contribution in [0, 0.1) is 5.92 Å². The van der Waals surface area contributed by atoms with Crippen LogP contribution in [0.1, 0.15) is 33.6 Å². The van der Waals surface area contributed by atoms with Crippen LogP contribution in [0.3, 0.4) is 0 Å². The summed E-state index contributed by atoms with van der Waals surface area (Å²) in [6.45, 7) is 5.93. The molecule has 0 fully saturated rings. The highest BCUT2D eigenvalue weighted by atomic mass is 16.5. The lowest BCUT2D eigenvalue weighted by Crippen LogP contribution is -2.29. The summed E-state index contributed by atoms with van der Waals surface area (Å²) < 4.78 is 4.68. The van der Waals surface area contributed by atoms with E-state index in [9.17, 15) is 9.90 Å². The van der Waals surface area contributed by atoms with Gasteiger partial charge in [-0.25, -0.2) is 4.79 Å². The van der Waals surface area contributed by atoms with E-state index < -0.39 is 12.1 Å². The average molecular weight is 174 g/mol. The maximum Gasteiger partial charge on any atom is 0.335 e. The molecule has 0 spiro atoms. The van der Waals surface area contributed by atoms with E-state index in [0.717, 1.165) is 12.8 Å². The smallest absolute Gasteiger partial charge is 0.335 e. The predicted molar refractivity (Wildman–Crippen MR) is 46.7 cm³/mol. The molecule has 0 aromatic rings. The molecule has 0 aromatic carbocycles.